The average molecular weight is 628 g/mol. The van der Waals surface area contributed by atoms with Crippen LogP contribution in [0.4, 0.5) is 5.13 Å². The highest BCUT2D eigenvalue weighted by Gasteiger charge is 2.62. The summed E-state index contributed by atoms with van der Waals surface area (Å²) in [5, 5.41) is 16.7. The van der Waals surface area contributed by atoms with Crippen LogP contribution in [0.5, 0.6) is 0 Å². The Morgan fingerprint density at radius 1 is 1.12 bits per heavy atom. The summed E-state index contributed by atoms with van der Waals surface area (Å²) in [7, 11) is -3.81. The van der Waals surface area contributed by atoms with Crippen molar-refractivity contribution in [2.75, 3.05) is 11.9 Å². The molecule has 1 aromatic heterocycles. The maximum Gasteiger partial charge on any atom is 0.259 e. The molecule has 0 bridgehead atoms. The minimum Gasteiger partial charge on any atom is -0.391 e. The molecule has 230 valence electrons. The largest absolute Gasteiger partial charge is 0.391 e. The van der Waals surface area contributed by atoms with Crippen molar-refractivity contribution in [1.82, 2.24) is 19.9 Å². The van der Waals surface area contributed by atoms with Crippen LogP contribution in [0.15, 0.2) is 48.7 Å². The Morgan fingerprint density at radius 3 is 2.67 bits per heavy atom. The average Bonchev–Trinajstić information content (AvgIpc) is 3.87. The number of nitrogens with zero attached hydrogens (tertiary/aromatic N) is 2. The number of hydrogen-bond donors (Lipinski definition) is 4. The molecule has 0 spiro atoms. The number of anilines is 1. The molecule has 4 N–H and O–H groups in total. The molecule has 2 aliphatic heterocycles. The van der Waals surface area contributed by atoms with E-state index in [1.807, 2.05) is 42.5 Å². The number of sulfonamides is 1. The van der Waals surface area contributed by atoms with E-state index in [4.69, 9.17) is 0 Å². The number of rotatable bonds is 6. The number of aliphatic hydroxyl groups excluding tert-OH is 1. The van der Waals surface area contributed by atoms with Gasteiger partial charge in [0.15, 0.2) is 5.13 Å². The van der Waals surface area contributed by atoms with Gasteiger partial charge >= 0.3 is 0 Å². The summed E-state index contributed by atoms with van der Waals surface area (Å²) in [5.74, 6) is -2.00. The number of carbonyl (C=O) groups is 3. The van der Waals surface area contributed by atoms with Crippen LogP contribution in [-0.4, -0.2) is 76.7 Å². The van der Waals surface area contributed by atoms with Crippen molar-refractivity contribution in [3.63, 3.8) is 0 Å². The Hall–Kier alpha value is -3.29. The first-order chi connectivity index (χ1) is 20.7. The molecule has 3 amide bonds. The van der Waals surface area contributed by atoms with Gasteiger partial charge in [0.05, 0.1) is 16.2 Å². The zero-order valence-corrected chi connectivity index (χ0v) is 25.4. The van der Waals surface area contributed by atoms with Crippen LogP contribution in [0, 0.1) is 5.92 Å². The molecule has 4 aliphatic rings. The SMILES string of the molecule is O=C1N[C@]2(C(=O)NS(=O)(=O)C3CC3)C[C@H]2/C=C\CCCCC[C@H](Nc2ncc(-c3ccccc3)s2)C(=O)N2C[C@H](O)C[C@@H]12. The highest BCUT2D eigenvalue weighted by Crippen LogP contribution is 2.46. The second kappa shape index (κ2) is 12.0. The number of aliphatic hydroxyl groups is 1. The predicted molar refractivity (Wildman–Crippen MR) is 162 cm³/mol. The fourth-order valence-electron chi connectivity index (χ4n) is 6.00. The summed E-state index contributed by atoms with van der Waals surface area (Å²) in [5.41, 5.74) is -0.389. The molecule has 1 aromatic carbocycles. The molecular weight excluding hydrogens is 590 g/mol. The van der Waals surface area contributed by atoms with Gasteiger partial charge in [0.25, 0.3) is 5.91 Å². The van der Waals surface area contributed by atoms with E-state index in [2.05, 4.69) is 20.3 Å². The minimum atomic E-state index is -3.81. The fourth-order valence-corrected chi connectivity index (χ4v) is 8.24. The molecule has 13 heteroatoms. The van der Waals surface area contributed by atoms with E-state index >= 15 is 0 Å². The maximum atomic E-state index is 14.0. The number of carbonyl (C=O) groups excluding carboxylic acids is 3. The fraction of sp³-hybridized carbons (Fsp3) is 0.533. The van der Waals surface area contributed by atoms with Crippen LogP contribution in [0.2, 0.25) is 0 Å². The Balaban J connectivity index is 1.23. The van der Waals surface area contributed by atoms with Crippen molar-refractivity contribution in [1.29, 1.82) is 0 Å². The molecule has 1 saturated heterocycles. The number of allylic oxidation sites excluding steroid dienone is 1. The minimum absolute atomic E-state index is 0.0131. The van der Waals surface area contributed by atoms with Crippen molar-refractivity contribution in [2.45, 2.75) is 86.8 Å². The van der Waals surface area contributed by atoms with E-state index in [9.17, 15) is 27.9 Å². The first kappa shape index (κ1) is 29.8. The third kappa shape index (κ3) is 6.48. The lowest BCUT2D eigenvalue weighted by molar-refractivity contribution is -0.140. The Morgan fingerprint density at radius 2 is 1.91 bits per heavy atom. The molecular formula is C30H37N5O6S2. The lowest BCUT2D eigenvalue weighted by Crippen LogP contribution is -2.57. The normalized spacial score (nSPS) is 30.7. The second-order valence-electron chi connectivity index (χ2n) is 12.0. The summed E-state index contributed by atoms with van der Waals surface area (Å²) in [6.07, 6.45) is 9.85. The number of nitrogens with one attached hydrogen (secondary N) is 3. The topological polar surface area (TPSA) is 158 Å². The number of hydrogen-bond acceptors (Lipinski definition) is 9. The van der Waals surface area contributed by atoms with Gasteiger partial charge in [0, 0.05) is 25.1 Å². The van der Waals surface area contributed by atoms with Gasteiger partial charge in [0.1, 0.15) is 17.6 Å². The number of benzene rings is 1. The van der Waals surface area contributed by atoms with Crippen LogP contribution >= 0.6 is 11.3 Å². The van der Waals surface area contributed by atoms with Crippen LogP contribution in [0.25, 0.3) is 10.4 Å². The van der Waals surface area contributed by atoms with Gasteiger partial charge in [-0.3, -0.25) is 19.1 Å². The number of amides is 3. The molecule has 2 aliphatic carbocycles. The van der Waals surface area contributed by atoms with Crippen molar-refractivity contribution in [3.8, 4) is 10.4 Å². The molecule has 11 nitrogen and oxygen atoms in total. The summed E-state index contributed by atoms with van der Waals surface area (Å²) >= 11 is 1.44. The zero-order valence-electron chi connectivity index (χ0n) is 23.8. The Labute approximate surface area is 255 Å². The molecule has 5 atom stereocenters. The van der Waals surface area contributed by atoms with Crippen molar-refractivity contribution >= 4 is 44.2 Å². The molecule has 0 radical (unpaired) electrons. The molecule has 3 fully saturated rings. The quantitative estimate of drug-likeness (QED) is 0.356. The van der Waals surface area contributed by atoms with Gasteiger partial charge in [-0.05, 0) is 44.1 Å². The first-order valence-corrected chi connectivity index (χ1v) is 17.3. The number of thiazole rings is 1. The third-order valence-corrected chi connectivity index (χ3v) is 11.5. The second-order valence-corrected chi connectivity index (χ2v) is 15.0. The number of aromatic nitrogens is 1. The van der Waals surface area contributed by atoms with E-state index in [1.54, 1.807) is 6.20 Å². The lowest BCUT2D eigenvalue weighted by atomic mass is 10.1. The van der Waals surface area contributed by atoms with Gasteiger partial charge in [-0.1, -0.05) is 66.7 Å². The smallest absolute Gasteiger partial charge is 0.259 e. The van der Waals surface area contributed by atoms with Gasteiger partial charge < -0.3 is 20.6 Å². The van der Waals surface area contributed by atoms with E-state index in [-0.39, 0.29) is 31.2 Å². The van der Waals surface area contributed by atoms with Gasteiger partial charge in [-0.25, -0.2) is 13.4 Å². The van der Waals surface area contributed by atoms with Crippen LogP contribution in [0.3, 0.4) is 0 Å². The third-order valence-electron chi connectivity index (χ3n) is 8.72. The van der Waals surface area contributed by atoms with Crippen LogP contribution < -0.4 is 15.4 Å². The van der Waals surface area contributed by atoms with Crippen molar-refractivity contribution in [3.05, 3.63) is 48.7 Å². The monoisotopic (exact) mass is 627 g/mol. The van der Waals surface area contributed by atoms with E-state index < -0.39 is 50.8 Å². The van der Waals surface area contributed by atoms with E-state index in [0.717, 1.165) is 36.1 Å². The highest BCUT2D eigenvalue weighted by molar-refractivity contribution is 7.91. The molecule has 43 heavy (non-hydrogen) atoms. The highest BCUT2D eigenvalue weighted by atomic mass is 32.2. The number of fused-ring (bicyclic) bond motifs is 2. The summed E-state index contributed by atoms with van der Waals surface area (Å²) in [4.78, 5) is 47.9. The molecule has 3 heterocycles. The van der Waals surface area contributed by atoms with Gasteiger partial charge in [-0.2, -0.15) is 0 Å². The molecule has 6 rings (SSSR count). The molecule has 2 aromatic rings. The predicted octanol–water partition coefficient (Wildman–Crippen LogP) is 2.56. The summed E-state index contributed by atoms with van der Waals surface area (Å²) < 4.78 is 27.3. The lowest BCUT2D eigenvalue weighted by Gasteiger charge is -2.30. The van der Waals surface area contributed by atoms with Crippen LogP contribution in [0.1, 0.15) is 57.8 Å². The zero-order chi connectivity index (χ0) is 30.2. The van der Waals surface area contributed by atoms with Gasteiger partial charge in [-0.15, -0.1) is 0 Å². The standard InChI is InChI=1S/C30H37N5O6S2/c36-21-15-24-26(37)33-30(28(39)34-43(40,41)22-13-14-22)16-20(30)11-7-2-1-3-8-12-23(27(38)35(24)18-21)32-29-31-17-25(42-29)19-9-5-4-6-10-19/h4-7,9-11,17,20-24,36H,1-3,8,12-16,18H2,(H,31,32)(H,33,37)(H,34,39)/b11-7-/t20-,21-,23+,24+,30-/m1/s1. The van der Waals surface area contributed by atoms with E-state index in [1.165, 1.54) is 16.2 Å². The first-order valence-electron chi connectivity index (χ1n) is 15.0. The van der Waals surface area contributed by atoms with Crippen molar-refractivity contribution in [2.24, 2.45) is 5.92 Å². The van der Waals surface area contributed by atoms with E-state index in [0.29, 0.717) is 24.4 Å². The summed E-state index contributed by atoms with van der Waals surface area (Å²) in [6, 6.07) is 8.18. The Bertz CT molecular complexity index is 1510. The van der Waals surface area contributed by atoms with Crippen molar-refractivity contribution < 1.29 is 27.9 Å². The Kier molecular flexibility index (Phi) is 8.31. The van der Waals surface area contributed by atoms with Gasteiger partial charge in [0.2, 0.25) is 21.8 Å². The molecule has 2 saturated carbocycles. The maximum absolute atomic E-state index is 14.0. The molecule has 0 unspecified atom stereocenters. The summed E-state index contributed by atoms with van der Waals surface area (Å²) in [6.45, 7) is -0.0131. The van der Waals surface area contributed by atoms with Crippen LogP contribution in [-0.2, 0) is 24.4 Å².